The van der Waals surface area contributed by atoms with E-state index in [1.807, 2.05) is 4.90 Å². The number of benzene rings is 1. The van der Waals surface area contributed by atoms with Crippen molar-refractivity contribution in [3.8, 4) is 11.5 Å². The molecule has 0 spiro atoms. The van der Waals surface area contributed by atoms with E-state index in [4.69, 9.17) is 4.74 Å². The van der Waals surface area contributed by atoms with Crippen molar-refractivity contribution in [2.75, 3.05) is 33.3 Å². The Kier molecular flexibility index (Phi) is 4.81. The molecule has 6 heteroatoms. The third-order valence-electron chi connectivity index (χ3n) is 3.49. The normalized spacial score (nSPS) is 18.2. The number of carboxylic acid groups (broad SMARTS) is 1. The number of phenolic OH excluding ortho intramolecular Hbond substituents is 1. The van der Waals surface area contributed by atoms with E-state index >= 15 is 0 Å². The Hall–Kier alpha value is -1.79. The Morgan fingerprint density at radius 1 is 1.40 bits per heavy atom. The molecule has 1 fully saturated rings. The van der Waals surface area contributed by atoms with Gasteiger partial charge in [0.2, 0.25) is 0 Å². The van der Waals surface area contributed by atoms with Gasteiger partial charge in [0.1, 0.15) is 6.04 Å². The fourth-order valence-corrected chi connectivity index (χ4v) is 2.50. The second-order valence-corrected chi connectivity index (χ2v) is 4.81. The Balaban J connectivity index is 2.30. The molecule has 0 aromatic heterocycles. The lowest BCUT2D eigenvalue weighted by Gasteiger charge is -2.27. The zero-order valence-corrected chi connectivity index (χ0v) is 11.5. The number of rotatable bonds is 4. The van der Waals surface area contributed by atoms with Gasteiger partial charge in [-0.05, 0) is 30.7 Å². The Morgan fingerprint density at radius 3 is 2.90 bits per heavy atom. The van der Waals surface area contributed by atoms with Gasteiger partial charge in [0.25, 0.3) is 0 Å². The van der Waals surface area contributed by atoms with Crippen LogP contribution >= 0.6 is 0 Å². The average Bonchev–Trinajstić information content (AvgIpc) is 2.69. The van der Waals surface area contributed by atoms with Gasteiger partial charge >= 0.3 is 5.97 Å². The summed E-state index contributed by atoms with van der Waals surface area (Å²) in [6, 6.07) is 3.98. The number of hydrogen-bond donors (Lipinski definition) is 3. The molecular weight excluding hydrogens is 260 g/mol. The maximum atomic E-state index is 11.6. The van der Waals surface area contributed by atoms with Crippen LogP contribution < -0.4 is 10.1 Å². The highest BCUT2D eigenvalue weighted by molar-refractivity contribution is 5.76. The van der Waals surface area contributed by atoms with Gasteiger partial charge in [-0.2, -0.15) is 0 Å². The van der Waals surface area contributed by atoms with E-state index in [-0.39, 0.29) is 5.75 Å². The Bertz CT molecular complexity index is 470. The fourth-order valence-electron chi connectivity index (χ4n) is 2.50. The third-order valence-corrected chi connectivity index (χ3v) is 3.49. The molecule has 3 N–H and O–H groups in total. The molecule has 0 radical (unpaired) electrons. The molecule has 1 aromatic carbocycles. The van der Waals surface area contributed by atoms with Crippen LogP contribution in [0.15, 0.2) is 18.2 Å². The second-order valence-electron chi connectivity index (χ2n) is 4.81. The van der Waals surface area contributed by atoms with Crippen molar-refractivity contribution in [2.45, 2.75) is 12.5 Å². The molecule has 0 amide bonds. The minimum absolute atomic E-state index is 0.0120. The van der Waals surface area contributed by atoms with E-state index in [1.54, 1.807) is 12.1 Å². The minimum Gasteiger partial charge on any atom is -0.504 e. The van der Waals surface area contributed by atoms with Crippen molar-refractivity contribution in [2.24, 2.45) is 0 Å². The minimum atomic E-state index is -0.889. The molecule has 1 atom stereocenters. The lowest BCUT2D eigenvalue weighted by Crippen LogP contribution is -2.36. The van der Waals surface area contributed by atoms with E-state index in [9.17, 15) is 15.0 Å². The van der Waals surface area contributed by atoms with E-state index in [2.05, 4.69) is 5.32 Å². The highest BCUT2D eigenvalue weighted by Crippen LogP contribution is 2.31. The molecule has 1 heterocycles. The Labute approximate surface area is 118 Å². The number of phenols is 1. The summed E-state index contributed by atoms with van der Waals surface area (Å²) >= 11 is 0. The largest absolute Gasteiger partial charge is 0.504 e. The standard InChI is InChI=1S/C14H20N2O4/c1-20-12-9-10(3-4-11(12)17)13(14(18)19)16-7-2-5-15-6-8-16/h3-4,9,13,15,17H,2,5-8H2,1H3,(H,18,19). The van der Waals surface area contributed by atoms with Gasteiger partial charge in [0.15, 0.2) is 11.5 Å². The second kappa shape index (κ2) is 6.58. The molecule has 1 saturated heterocycles. The topological polar surface area (TPSA) is 82.0 Å². The van der Waals surface area contributed by atoms with Crippen molar-refractivity contribution in [1.82, 2.24) is 10.2 Å². The number of carboxylic acids is 1. The van der Waals surface area contributed by atoms with Gasteiger partial charge < -0.3 is 20.3 Å². The zero-order valence-electron chi connectivity index (χ0n) is 11.5. The number of aliphatic carboxylic acids is 1. The van der Waals surface area contributed by atoms with Crippen LogP contribution in [0.1, 0.15) is 18.0 Å². The van der Waals surface area contributed by atoms with E-state index in [0.29, 0.717) is 17.9 Å². The van der Waals surface area contributed by atoms with Crippen LogP contribution in [0.2, 0.25) is 0 Å². The molecule has 0 aliphatic carbocycles. The number of nitrogens with zero attached hydrogens (tertiary/aromatic N) is 1. The summed E-state index contributed by atoms with van der Waals surface area (Å²) in [5.74, 6) is -0.584. The number of hydrogen-bond acceptors (Lipinski definition) is 5. The lowest BCUT2D eigenvalue weighted by atomic mass is 10.0. The predicted octanol–water partition coefficient (Wildman–Crippen LogP) is 0.822. The summed E-state index contributed by atoms with van der Waals surface area (Å²) in [7, 11) is 1.45. The van der Waals surface area contributed by atoms with Crippen LogP contribution in [0.5, 0.6) is 11.5 Å². The zero-order chi connectivity index (χ0) is 14.5. The number of carbonyl (C=O) groups is 1. The number of methoxy groups -OCH3 is 1. The molecule has 1 aliphatic heterocycles. The van der Waals surface area contributed by atoms with Crippen molar-refractivity contribution >= 4 is 5.97 Å². The summed E-state index contributed by atoms with van der Waals surface area (Å²) < 4.78 is 5.05. The SMILES string of the molecule is COc1cc(C(C(=O)O)N2CCCNCC2)ccc1O. The summed E-state index contributed by atoms with van der Waals surface area (Å²) in [6.45, 7) is 3.09. The van der Waals surface area contributed by atoms with Gasteiger partial charge in [-0.3, -0.25) is 9.69 Å². The first-order chi connectivity index (χ1) is 9.63. The smallest absolute Gasteiger partial charge is 0.325 e. The third kappa shape index (κ3) is 3.20. The van der Waals surface area contributed by atoms with Crippen molar-refractivity contribution in [3.05, 3.63) is 23.8 Å². The first-order valence-electron chi connectivity index (χ1n) is 6.68. The molecular formula is C14H20N2O4. The van der Waals surface area contributed by atoms with E-state index in [1.165, 1.54) is 13.2 Å². The molecule has 20 heavy (non-hydrogen) atoms. The van der Waals surface area contributed by atoms with Gasteiger partial charge in [-0.1, -0.05) is 6.07 Å². The molecule has 6 nitrogen and oxygen atoms in total. The van der Waals surface area contributed by atoms with Crippen molar-refractivity contribution in [3.63, 3.8) is 0 Å². The number of ether oxygens (including phenoxy) is 1. The molecule has 0 saturated carbocycles. The number of nitrogens with one attached hydrogen (secondary N) is 1. The molecule has 1 aromatic rings. The van der Waals surface area contributed by atoms with Crippen LogP contribution in [-0.4, -0.2) is 54.4 Å². The quantitative estimate of drug-likeness (QED) is 0.757. The maximum absolute atomic E-state index is 11.6. The molecule has 110 valence electrons. The summed E-state index contributed by atoms with van der Waals surface area (Å²) in [5.41, 5.74) is 0.619. The monoisotopic (exact) mass is 280 g/mol. The highest BCUT2D eigenvalue weighted by Gasteiger charge is 2.28. The summed E-state index contributed by atoms with van der Waals surface area (Å²) in [6.07, 6.45) is 0.916. The van der Waals surface area contributed by atoms with Crippen LogP contribution in [0.4, 0.5) is 0 Å². The van der Waals surface area contributed by atoms with Gasteiger partial charge in [-0.15, -0.1) is 0 Å². The summed E-state index contributed by atoms with van der Waals surface area (Å²) in [4.78, 5) is 13.6. The first-order valence-corrected chi connectivity index (χ1v) is 6.68. The van der Waals surface area contributed by atoms with Crippen molar-refractivity contribution in [1.29, 1.82) is 0 Å². The van der Waals surface area contributed by atoms with Gasteiger partial charge in [0.05, 0.1) is 7.11 Å². The van der Waals surface area contributed by atoms with Crippen LogP contribution in [-0.2, 0) is 4.79 Å². The van der Waals surface area contributed by atoms with Crippen molar-refractivity contribution < 1.29 is 19.7 Å². The van der Waals surface area contributed by atoms with Gasteiger partial charge in [0, 0.05) is 19.6 Å². The molecule has 1 aliphatic rings. The first kappa shape index (κ1) is 14.6. The molecule has 0 bridgehead atoms. The van der Waals surface area contributed by atoms with E-state index in [0.717, 1.165) is 26.1 Å². The number of aromatic hydroxyl groups is 1. The van der Waals surface area contributed by atoms with Gasteiger partial charge in [-0.25, -0.2) is 0 Å². The predicted molar refractivity (Wildman–Crippen MR) is 74.1 cm³/mol. The van der Waals surface area contributed by atoms with E-state index < -0.39 is 12.0 Å². The summed E-state index contributed by atoms with van der Waals surface area (Å²) in [5, 5.41) is 22.4. The van der Waals surface area contributed by atoms with Crippen LogP contribution in [0, 0.1) is 0 Å². The average molecular weight is 280 g/mol. The Morgan fingerprint density at radius 2 is 2.20 bits per heavy atom. The van der Waals surface area contributed by atoms with Crippen LogP contribution in [0.25, 0.3) is 0 Å². The highest BCUT2D eigenvalue weighted by atomic mass is 16.5. The molecule has 2 rings (SSSR count). The molecule has 1 unspecified atom stereocenters. The fraction of sp³-hybridized carbons (Fsp3) is 0.500. The maximum Gasteiger partial charge on any atom is 0.325 e. The lowest BCUT2D eigenvalue weighted by molar-refractivity contribution is -0.143. The van der Waals surface area contributed by atoms with Crippen LogP contribution in [0.3, 0.4) is 0 Å².